The molecular formula is C9H17NO. The highest BCUT2D eigenvalue weighted by molar-refractivity contribution is 5.19. The Bertz CT molecular complexity index is 170. The van der Waals surface area contributed by atoms with Crippen molar-refractivity contribution in [1.29, 1.82) is 0 Å². The molecule has 0 aromatic carbocycles. The molecule has 0 aromatic heterocycles. The van der Waals surface area contributed by atoms with Gasteiger partial charge in [-0.15, -0.1) is 0 Å². The van der Waals surface area contributed by atoms with Gasteiger partial charge in [-0.3, -0.25) is 0 Å². The van der Waals surface area contributed by atoms with E-state index in [1.807, 2.05) is 0 Å². The van der Waals surface area contributed by atoms with Crippen LogP contribution in [0.4, 0.5) is 0 Å². The van der Waals surface area contributed by atoms with Crippen LogP contribution >= 0.6 is 0 Å². The molecule has 2 N–H and O–H groups in total. The van der Waals surface area contributed by atoms with Gasteiger partial charge in [0.15, 0.2) is 0 Å². The predicted molar refractivity (Wildman–Crippen MR) is 44.3 cm³/mol. The average Bonchev–Trinajstić information content (AvgIpc) is 2.36. The zero-order valence-corrected chi connectivity index (χ0v) is 7.35. The van der Waals surface area contributed by atoms with Crippen LogP contribution in [0.2, 0.25) is 0 Å². The molecule has 2 atom stereocenters. The molecule has 11 heavy (non-hydrogen) atoms. The van der Waals surface area contributed by atoms with Crippen LogP contribution in [0.25, 0.3) is 0 Å². The highest BCUT2D eigenvalue weighted by Gasteiger charge is 2.70. The summed E-state index contributed by atoms with van der Waals surface area (Å²) in [5, 5.41) is 12.5. The third-order valence-electron chi connectivity index (χ3n) is 4.11. The lowest BCUT2D eigenvalue weighted by Crippen LogP contribution is -2.14. The van der Waals surface area contributed by atoms with Gasteiger partial charge in [-0.2, -0.15) is 0 Å². The standard InChI is InChI=1S/C9H17NO/c1-8(2)7(5-11)9(8)3-4-10-6-9/h7,10-11H,3-6H2,1-2H3. The van der Waals surface area contributed by atoms with E-state index in [0.717, 1.165) is 13.1 Å². The zero-order chi connectivity index (χ0) is 8.11. The molecule has 1 spiro atoms. The van der Waals surface area contributed by atoms with Crippen molar-refractivity contribution in [2.75, 3.05) is 19.7 Å². The van der Waals surface area contributed by atoms with Gasteiger partial charge in [0.1, 0.15) is 0 Å². The number of hydrogen-bond donors (Lipinski definition) is 2. The van der Waals surface area contributed by atoms with Crippen LogP contribution in [0.3, 0.4) is 0 Å². The SMILES string of the molecule is CC1(C)C(CO)C12CCNC2. The lowest BCUT2D eigenvalue weighted by molar-refractivity contribution is 0.248. The summed E-state index contributed by atoms with van der Waals surface area (Å²) in [6.07, 6.45) is 1.26. The number of aliphatic hydroxyl groups excluding tert-OH is 1. The Hall–Kier alpha value is -0.0800. The maximum Gasteiger partial charge on any atom is 0.0470 e. The molecule has 2 unspecified atom stereocenters. The number of rotatable bonds is 1. The summed E-state index contributed by atoms with van der Waals surface area (Å²) in [5.74, 6) is 0.546. The Balaban J connectivity index is 2.17. The van der Waals surface area contributed by atoms with E-state index in [1.165, 1.54) is 6.42 Å². The third-order valence-corrected chi connectivity index (χ3v) is 4.11. The molecule has 0 bridgehead atoms. The molecule has 0 amide bonds. The van der Waals surface area contributed by atoms with Crippen molar-refractivity contribution in [2.24, 2.45) is 16.7 Å². The zero-order valence-electron chi connectivity index (χ0n) is 7.35. The minimum absolute atomic E-state index is 0.370. The minimum atomic E-state index is 0.370. The van der Waals surface area contributed by atoms with Crippen molar-refractivity contribution in [3.63, 3.8) is 0 Å². The monoisotopic (exact) mass is 155 g/mol. The Kier molecular flexibility index (Phi) is 1.37. The fraction of sp³-hybridized carbons (Fsp3) is 1.00. The second kappa shape index (κ2) is 1.99. The van der Waals surface area contributed by atoms with Crippen LogP contribution in [0.1, 0.15) is 20.3 Å². The molecule has 2 rings (SSSR count). The third kappa shape index (κ3) is 0.695. The van der Waals surface area contributed by atoms with E-state index < -0.39 is 0 Å². The van der Waals surface area contributed by atoms with Crippen LogP contribution < -0.4 is 5.32 Å². The summed E-state index contributed by atoms with van der Waals surface area (Å²) in [4.78, 5) is 0. The summed E-state index contributed by atoms with van der Waals surface area (Å²) in [5.41, 5.74) is 0.826. The molecule has 1 aliphatic carbocycles. The van der Waals surface area contributed by atoms with Gasteiger partial charge < -0.3 is 10.4 Å². The average molecular weight is 155 g/mol. The lowest BCUT2D eigenvalue weighted by Gasteiger charge is -2.09. The van der Waals surface area contributed by atoms with E-state index >= 15 is 0 Å². The fourth-order valence-electron chi connectivity index (χ4n) is 3.02. The van der Waals surface area contributed by atoms with Gasteiger partial charge >= 0.3 is 0 Å². The molecule has 0 aromatic rings. The van der Waals surface area contributed by atoms with Crippen LogP contribution in [0.5, 0.6) is 0 Å². The van der Waals surface area contributed by atoms with Gasteiger partial charge in [-0.05, 0) is 29.7 Å². The first-order valence-corrected chi connectivity index (χ1v) is 4.47. The van der Waals surface area contributed by atoms with Crippen LogP contribution in [-0.4, -0.2) is 24.8 Å². The van der Waals surface area contributed by atoms with E-state index in [1.54, 1.807) is 0 Å². The topological polar surface area (TPSA) is 32.3 Å². The summed E-state index contributed by atoms with van der Waals surface area (Å²) < 4.78 is 0. The molecule has 1 aliphatic heterocycles. The maximum absolute atomic E-state index is 9.14. The molecule has 2 fully saturated rings. The van der Waals surface area contributed by atoms with Crippen LogP contribution in [0.15, 0.2) is 0 Å². The summed E-state index contributed by atoms with van der Waals surface area (Å²) in [7, 11) is 0. The maximum atomic E-state index is 9.14. The number of nitrogens with one attached hydrogen (secondary N) is 1. The van der Waals surface area contributed by atoms with Gasteiger partial charge in [0.2, 0.25) is 0 Å². The van der Waals surface area contributed by atoms with Crippen molar-refractivity contribution in [3.8, 4) is 0 Å². The molecular weight excluding hydrogens is 138 g/mol. The highest BCUT2D eigenvalue weighted by Crippen LogP contribution is 2.71. The second-order valence-electron chi connectivity index (χ2n) is 4.54. The van der Waals surface area contributed by atoms with Gasteiger partial charge in [-0.25, -0.2) is 0 Å². The number of hydrogen-bond acceptors (Lipinski definition) is 2. The van der Waals surface area contributed by atoms with Gasteiger partial charge in [-0.1, -0.05) is 13.8 Å². The molecule has 1 saturated heterocycles. The normalized spacial score (nSPS) is 46.6. The predicted octanol–water partition coefficient (Wildman–Crippen LogP) is 0.614. The van der Waals surface area contributed by atoms with Crippen molar-refractivity contribution >= 4 is 0 Å². The first-order valence-electron chi connectivity index (χ1n) is 4.47. The number of aliphatic hydroxyl groups is 1. The molecule has 2 heteroatoms. The van der Waals surface area contributed by atoms with Crippen molar-refractivity contribution in [3.05, 3.63) is 0 Å². The largest absolute Gasteiger partial charge is 0.396 e. The fourth-order valence-corrected chi connectivity index (χ4v) is 3.02. The first kappa shape index (κ1) is 7.56. The van der Waals surface area contributed by atoms with Gasteiger partial charge in [0.25, 0.3) is 0 Å². The summed E-state index contributed by atoms with van der Waals surface area (Å²) in [6, 6.07) is 0. The van der Waals surface area contributed by atoms with Gasteiger partial charge in [0.05, 0.1) is 0 Å². The molecule has 0 radical (unpaired) electrons. The van der Waals surface area contributed by atoms with E-state index in [0.29, 0.717) is 23.4 Å². The summed E-state index contributed by atoms with van der Waals surface area (Å²) in [6.45, 7) is 7.18. The van der Waals surface area contributed by atoms with Crippen LogP contribution in [0, 0.1) is 16.7 Å². The van der Waals surface area contributed by atoms with Crippen molar-refractivity contribution in [1.82, 2.24) is 5.32 Å². The quantitative estimate of drug-likeness (QED) is 0.581. The van der Waals surface area contributed by atoms with E-state index in [4.69, 9.17) is 5.11 Å². The smallest absolute Gasteiger partial charge is 0.0470 e. The molecule has 1 saturated carbocycles. The van der Waals surface area contributed by atoms with Gasteiger partial charge in [0, 0.05) is 13.2 Å². The van der Waals surface area contributed by atoms with E-state index in [9.17, 15) is 0 Å². The Morgan fingerprint density at radius 2 is 2.27 bits per heavy atom. The molecule has 2 nitrogen and oxygen atoms in total. The molecule has 2 aliphatic rings. The second-order valence-corrected chi connectivity index (χ2v) is 4.54. The molecule has 64 valence electrons. The minimum Gasteiger partial charge on any atom is -0.396 e. The van der Waals surface area contributed by atoms with Crippen molar-refractivity contribution < 1.29 is 5.11 Å². The van der Waals surface area contributed by atoms with E-state index in [2.05, 4.69) is 19.2 Å². The summed E-state index contributed by atoms with van der Waals surface area (Å²) >= 11 is 0. The highest BCUT2D eigenvalue weighted by atomic mass is 16.3. The lowest BCUT2D eigenvalue weighted by atomic mass is 9.95. The van der Waals surface area contributed by atoms with E-state index in [-0.39, 0.29) is 0 Å². The first-order chi connectivity index (χ1) is 5.15. The van der Waals surface area contributed by atoms with Crippen LogP contribution in [-0.2, 0) is 0 Å². The Morgan fingerprint density at radius 1 is 1.55 bits per heavy atom. The van der Waals surface area contributed by atoms with Crippen molar-refractivity contribution in [2.45, 2.75) is 20.3 Å². The Morgan fingerprint density at radius 3 is 2.64 bits per heavy atom. The molecule has 1 heterocycles. The Labute approximate surface area is 68.0 Å².